The summed E-state index contributed by atoms with van der Waals surface area (Å²) in [7, 11) is 0. The molecule has 0 aliphatic carbocycles. The molecule has 0 atom stereocenters. The number of nitrogens with zero attached hydrogens (tertiary/aromatic N) is 2. The maximum absolute atomic E-state index is 5.88. The predicted octanol–water partition coefficient (Wildman–Crippen LogP) is 3.10. The largest absolute Gasteiger partial charge is 0.326 e. The molecule has 0 saturated heterocycles. The summed E-state index contributed by atoms with van der Waals surface area (Å²) >= 11 is 0. The van der Waals surface area contributed by atoms with Gasteiger partial charge in [0.05, 0.1) is 5.69 Å². The highest BCUT2D eigenvalue weighted by Gasteiger charge is 2.13. The Morgan fingerprint density at radius 2 is 1.85 bits per heavy atom. The molecule has 2 rings (SSSR count). The summed E-state index contributed by atoms with van der Waals surface area (Å²) in [6.07, 6.45) is 4.19. The Morgan fingerprint density at radius 1 is 1.10 bits per heavy atom. The standard InChI is InChI=1S/C17H25N3/c1-3-16-15(13-18)17(4-2)20(19-16)12-8-11-14-9-6-5-7-10-14/h5-7,9-10H,3-4,8,11-13,18H2,1-2H3. The Morgan fingerprint density at radius 3 is 2.45 bits per heavy atom. The highest BCUT2D eigenvalue weighted by molar-refractivity contribution is 5.26. The molecule has 0 amide bonds. The molecule has 0 radical (unpaired) electrons. The van der Waals surface area contributed by atoms with Crippen LogP contribution in [0.1, 0.15) is 42.8 Å². The second-order valence-corrected chi connectivity index (χ2v) is 5.10. The van der Waals surface area contributed by atoms with E-state index in [1.165, 1.54) is 22.5 Å². The fourth-order valence-corrected chi connectivity index (χ4v) is 2.77. The highest BCUT2D eigenvalue weighted by Crippen LogP contribution is 2.16. The van der Waals surface area contributed by atoms with E-state index in [-0.39, 0.29) is 0 Å². The second-order valence-electron chi connectivity index (χ2n) is 5.10. The van der Waals surface area contributed by atoms with Gasteiger partial charge in [-0.2, -0.15) is 5.10 Å². The van der Waals surface area contributed by atoms with Gasteiger partial charge >= 0.3 is 0 Å². The molecule has 0 bridgehead atoms. The van der Waals surface area contributed by atoms with Crippen LogP contribution in [0.25, 0.3) is 0 Å². The van der Waals surface area contributed by atoms with Crippen molar-refractivity contribution in [3.63, 3.8) is 0 Å². The number of benzene rings is 1. The molecule has 3 heteroatoms. The van der Waals surface area contributed by atoms with Crippen molar-refractivity contribution in [3.05, 3.63) is 52.8 Å². The van der Waals surface area contributed by atoms with E-state index in [0.29, 0.717) is 6.54 Å². The molecular weight excluding hydrogens is 246 g/mol. The maximum Gasteiger partial charge on any atom is 0.0669 e. The zero-order valence-corrected chi connectivity index (χ0v) is 12.6. The van der Waals surface area contributed by atoms with E-state index in [1.807, 2.05) is 0 Å². The normalized spacial score (nSPS) is 10.9. The Labute approximate surface area is 121 Å². The van der Waals surface area contributed by atoms with Gasteiger partial charge in [-0.15, -0.1) is 0 Å². The molecule has 3 nitrogen and oxygen atoms in total. The molecule has 1 heterocycles. The Hall–Kier alpha value is -1.61. The van der Waals surface area contributed by atoms with Crippen LogP contribution in [0.3, 0.4) is 0 Å². The Balaban J connectivity index is 2.04. The molecule has 20 heavy (non-hydrogen) atoms. The van der Waals surface area contributed by atoms with Crippen LogP contribution in [-0.2, 0) is 32.4 Å². The highest BCUT2D eigenvalue weighted by atomic mass is 15.3. The van der Waals surface area contributed by atoms with E-state index in [9.17, 15) is 0 Å². The third kappa shape index (κ3) is 3.28. The lowest BCUT2D eigenvalue weighted by atomic mass is 10.1. The second kappa shape index (κ2) is 7.25. The van der Waals surface area contributed by atoms with Crippen molar-refractivity contribution < 1.29 is 0 Å². The van der Waals surface area contributed by atoms with Crippen molar-refractivity contribution in [3.8, 4) is 0 Å². The lowest BCUT2D eigenvalue weighted by molar-refractivity contribution is 0.551. The minimum atomic E-state index is 0.602. The molecule has 2 aromatic rings. The van der Waals surface area contributed by atoms with Gasteiger partial charge in [0, 0.05) is 24.3 Å². The number of aromatic nitrogens is 2. The van der Waals surface area contributed by atoms with Gasteiger partial charge in [0.15, 0.2) is 0 Å². The number of hydrogen-bond acceptors (Lipinski definition) is 2. The summed E-state index contributed by atoms with van der Waals surface area (Å²) in [6.45, 7) is 5.91. The third-order valence-electron chi connectivity index (χ3n) is 3.80. The molecule has 0 spiro atoms. The SMILES string of the molecule is CCc1nn(CCCc2ccccc2)c(CC)c1CN. The van der Waals surface area contributed by atoms with Gasteiger partial charge in [-0.05, 0) is 31.2 Å². The number of rotatable bonds is 7. The van der Waals surface area contributed by atoms with E-state index >= 15 is 0 Å². The monoisotopic (exact) mass is 271 g/mol. The van der Waals surface area contributed by atoms with E-state index in [2.05, 4.69) is 48.9 Å². The average molecular weight is 271 g/mol. The third-order valence-corrected chi connectivity index (χ3v) is 3.80. The maximum atomic E-state index is 5.88. The van der Waals surface area contributed by atoms with Gasteiger partial charge in [-0.25, -0.2) is 0 Å². The molecule has 1 aromatic heterocycles. The van der Waals surface area contributed by atoms with Gasteiger partial charge in [-0.3, -0.25) is 4.68 Å². The lowest BCUT2D eigenvalue weighted by Gasteiger charge is -2.07. The molecule has 0 aliphatic rings. The van der Waals surface area contributed by atoms with Crippen molar-refractivity contribution in [2.45, 2.75) is 52.6 Å². The van der Waals surface area contributed by atoms with Crippen molar-refractivity contribution in [2.75, 3.05) is 0 Å². The average Bonchev–Trinajstić information content (AvgIpc) is 2.85. The van der Waals surface area contributed by atoms with Crippen LogP contribution in [0.15, 0.2) is 30.3 Å². The fourth-order valence-electron chi connectivity index (χ4n) is 2.77. The molecule has 0 aliphatic heterocycles. The van der Waals surface area contributed by atoms with Gasteiger partial charge in [0.1, 0.15) is 0 Å². The molecule has 2 N–H and O–H groups in total. The first-order valence-corrected chi connectivity index (χ1v) is 7.61. The van der Waals surface area contributed by atoms with Crippen molar-refractivity contribution in [1.29, 1.82) is 0 Å². The quantitative estimate of drug-likeness (QED) is 0.841. The van der Waals surface area contributed by atoms with Crippen LogP contribution in [0.2, 0.25) is 0 Å². The Kier molecular flexibility index (Phi) is 5.36. The summed E-state index contributed by atoms with van der Waals surface area (Å²) in [5, 5.41) is 4.74. The first-order valence-electron chi connectivity index (χ1n) is 7.61. The summed E-state index contributed by atoms with van der Waals surface area (Å²) in [6, 6.07) is 10.6. The molecule has 0 fully saturated rings. The predicted molar refractivity (Wildman–Crippen MR) is 83.6 cm³/mol. The summed E-state index contributed by atoms with van der Waals surface area (Å²) in [5.41, 5.74) is 11.0. The van der Waals surface area contributed by atoms with Crippen LogP contribution < -0.4 is 5.73 Å². The van der Waals surface area contributed by atoms with Gasteiger partial charge < -0.3 is 5.73 Å². The zero-order chi connectivity index (χ0) is 14.4. The van der Waals surface area contributed by atoms with Crippen LogP contribution in [0.5, 0.6) is 0 Å². The fraction of sp³-hybridized carbons (Fsp3) is 0.471. The Bertz CT molecular complexity index is 529. The van der Waals surface area contributed by atoms with E-state index in [4.69, 9.17) is 10.8 Å². The summed E-state index contributed by atoms with van der Waals surface area (Å²) in [4.78, 5) is 0. The van der Waals surface area contributed by atoms with Gasteiger partial charge in [0.2, 0.25) is 0 Å². The van der Waals surface area contributed by atoms with E-state index < -0.39 is 0 Å². The molecule has 1 aromatic carbocycles. The van der Waals surface area contributed by atoms with Crippen molar-refractivity contribution >= 4 is 0 Å². The van der Waals surface area contributed by atoms with Crippen LogP contribution in [0.4, 0.5) is 0 Å². The topological polar surface area (TPSA) is 43.8 Å². The summed E-state index contributed by atoms with van der Waals surface area (Å²) in [5.74, 6) is 0. The first kappa shape index (κ1) is 14.8. The molecular formula is C17H25N3. The lowest BCUT2D eigenvalue weighted by Crippen LogP contribution is -2.08. The number of nitrogens with two attached hydrogens (primary N) is 1. The molecule has 0 unspecified atom stereocenters. The van der Waals surface area contributed by atoms with Gasteiger partial charge in [-0.1, -0.05) is 44.2 Å². The summed E-state index contributed by atoms with van der Waals surface area (Å²) < 4.78 is 2.17. The van der Waals surface area contributed by atoms with Crippen molar-refractivity contribution in [2.24, 2.45) is 5.73 Å². The zero-order valence-electron chi connectivity index (χ0n) is 12.6. The number of aryl methyl sites for hydroxylation is 3. The van der Waals surface area contributed by atoms with Crippen LogP contribution in [0, 0.1) is 0 Å². The van der Waals surface area contributed by atoms with E-state index in [1.54, 1.807) is 0 Å². The number of hydrogen-bond donors (Lipinski definition) is 1. The van der Waals surface area contributed by atoms with Crippen molar-refractivity contribution in [1.82, 2.24) is 9.78 Å². The van der Waals surface area contributed by atoms with E-state index in [0.717, 1.165) is 32.2 Å². The first-order chi connectivity index (χ1) is 9.80. The minimum absolute atomic E-state index is 0.602. The molecule has 108 valence electrons. The smallest absolute Gasteiger partial charge is 0.0669 e. The molecule has 0 saturated carbocycles. The van der Waals surface area contributed by atoms with Crippen LogP contribution >= 0.6 is 0 Å². The minimum Gasteiger partial charge on any atom is -0.326 e. The van der Waals surface area contributed by atoms with Gasteiger partial charge in [0.25, 0.3) is 0 Å². The van der Waals surface area contributed by atoms with Crippen LogP contribution in [-0.4, -0.2) is 9.78 Å².